The van der Waals surface area contributed by atoms with Gasteiger partial charge in [0.1, 0.15) is 5.82 Å². The van der Waals surface area contributed by atoms with Crippen LogP contribution in [0.25, 0.3) is 11.0 Å². The number of fused-ring (bicyclic) bond motifs is 1. The fourth-order valence-corrected chi connectivity index (χ4v) is 3.44. The van der Waals surface area contributed by atoms with E-state index >= 15 is 0 Å². The first kappa shape index (κ1) is 12.7. The maximum Gasteiger partial charge on any atom is 0.307 e. The smallest absolute Gasteiger partial charge is 0.307 e. The Balaban J connectivity index is 2.10. The van der Waals surface area contributed by atoms with Crippen molar-refractivity contribution in [2.24, 2.45) is 13.0 Å². The normalized spacial score (nSPS) is 23.1. The number of aryl methyl sites for hydroxylation is 1. The molecule has 0 amide bonds. The molecule has 2 aromatic rings. The molecule has 1 aromatic carbocycles. The Morgan fingerprint density at radius 1 is 1.47 bits per heavy atom. The Kier molecular flexibility index (Phi) is 3.09. The molecule has 100 valence electrons. The molecule has 1 N–H and O–H groups in total. The van der Waals surface area contributed by atoms with Crippen molar-refractivity contribution in [2.75, 3.05) is 0 Å². The fraction of sp³-hybridized carbons (Fsp3) is 0.429. The summed E-state index contributed by atoms with van der Waals surface area (Å²) < 4.78 is 3.03. The van der Waals surface area contributed by atoms with Gasteiger partial charge in [-0.2, -0.15) is 0 Å². The quantitative estimate of drug-likeness (QED) is 0.922. The van der Waals surface area contributed by atoms with Gasteiger partial charge < -0.3 is 9.67 Å². The number of nitrogens with zero attached hydrogens (tertiary/aromatic N) is 2. The molecule has 2 atom stereocenters. The Bertz CT molecular complexity index is 650. The van der Waals surface area contributed by atoms with Crippen LogP contribution in [0.15, 0.2) is 22.7 Å². The van der Waals surface area contributed by atoms with E-state index in [-0.39, 0.29) is 11.8 Å². The van der Waals surface area contributed by atoms with E-state index in [1.54, 1.807) is 0 Å². The number of hydrogen-bond donors (Lipinski definition) is 1. The maximum atomic E-state index is 11.3. The lowest BCUT2D eigenvalue weighted by Gasteiger charge is -2.15. The number of aliphatic carboxylic acids is 1. The molecule has 0 bridgehead atoms. The second-order valence-corrected chi connectivity index (χ2v) is 6.06. The zero-order valence-corrected chi connectivity index (χ0v) is 12.2. The van der Waals surface area contributed by atoms with Crippen LogP contribution in [0, 0.1) is 5.92 Å². The lowest BCUT2D eigenvalue weighted by molar-refractivity contribution is -0.142. The number of carboxylic acid groups (broad SMARTS) is 1. The van der Waals surface area contributed by atoms with E-state index in [0.29, 0.717) is 0 Å². The Hall–Kier alpha value is -1.36. The SMILES string of the molecule is Cn1c(C2CCCC2C(=O)O)nc2cc(Br)ccc21. The predicted molar refractivity (Wildman–Crippen MR) is 76.1 cm³/mol. The molecular weight excluding hydrogens is 308 g/mol. The molecule has 5 heteroatoms. The van der Waals surface area contributed by atoms with Crippen molar-refractivity contribution in [1.29, 1.82) is 0 Å². The number of benzene rings is 1. The highest BCUT2D eigenvalue weighted by Gasteiger charge is 2.36. The van der Waals surface area contributed by atoms with E-state index in [9.17, 15) is 9.90 Å². The van der Waals surface area contributed by atoms with Gasteiger partial charge in [0.15, 0.2) is 0 Å². The number of aromatic nitrogens is 2. The average Bonchev–Trinajstić information content (AvgIpc) is 2.94. The van der Waals surface area contributed by atoms with Crippen LogP contribution in [0.4, 0.5) is 0 Å². The largest absolute Gasteiger partial charge is 0.481 e. The van der Waals surface area contributed by atoms with E-state index in [2.05, 4.69) is 20.9 Å². The predicted octanol–water partition coefficient (Wildman–Crippen LogP) is 3.30. The van der Waals surface area contributed by atoms with Gasteiger partial charge in [0.2, 0.25) is 0 Å². The number of carboxylic acids is 1. The third-order valence-electron chi connectivity index (χ3n) is 4.04. The Morgan fingerprint density at radius 3 is 3.00 bits per heavy atom. The monoisotopic (exact) mass is 322 g/mol. The van der Waals surface area contributed by atoms with Crippen LogP contribution >= 0.6 is 15.9 Å². The van der Waals surface area contributed by atoms with Crippen molar-refractivity contribution in [3.63, 3.8) is 0 Å². The molecule has 1 aliphatic carbocycles. The van der Waals surface area contributed by atoms with Gasteiger partial charge in [0.25, 0.3) is 0 Å². The van der Waals surface area contributed by atoms with Gasteiger partial charge in [-0.05, 0) is 31.0 Å². The van der Waals surface area contributed by atoms with Gasteiger partial charge in [-0.3, -0.25) is 4.79 Å². The van der Waals surface area contributed by atoms with Gasteiger partial charge in [0, 0.05) is 17.4 Å². The van der Waals surface area contributed by atoms with Gasteiger partial charge in [-0.15, -0.1) is 0 Å². The molecule has 2 unspecified atom stereocenters. The first-order valence-electron chi connectivity index (χ1n) is 6.42. The van der Waals surface area contributed by atoms with Crippen LogP contribution in [0.2, 0.25) is 0 Å². The summed E-state index contributed by atoms with van der Waals surface area (Å²) in [6.07, 6.45) is 2.64. The highest BCUT2D eigenvalue weighted by Crippen LogP contribution is 2.40. The lowest BCUT2D eigenvalue weighted by atomic mass is 9.95. The number of halogens is 1. The fourth-order valence-electron chi connectivity index (χ4n) is 3.09. The van der Waals surface area contributed by atoms with Crippen molar-refractivity contribution >= 4 is 32.9 Å². The third-order valence-corrected chi connectivity index (χ3v) is 4.54. The molecule has 1 aliphatic rings. The van der Waals surface area contributed by atoms with Crippen molar-refractivity contribution in [3.05, 3.63) is 28.5 Å². The molecule has 1 heterocycles. The number of imidazole rings is 1. The van der Waals surface area contributed by atoms with Gasteiger partial charge >= 0.3 is 5.97 Å². The minimum absolute atomic E-state index is 0.0358. The molecule has 0 spiro atoms. The summed E-state index contributed by atoms with van der Waals surface area (Å²) in [5.41, 5.74) is 1.97. The van der Waals surface area contributed by atoms with Crippen molar-refractivity contribution in [3.8, 4) is 0 Å². The third kappa shape index (κ3) is 2.06. The molecule has 0 saturated heterocycles. The van der Waals surface area contributed by atoms with E-state index < -0.39 is 5.97 Å². The second-order valence-electron chi connectivity index (χ2n) is 5.14. The number of rotatable bonds is 2. The summed E-state index contributed by atoms with van der Waals surface area (Å²) in [5, 5.41) is 9.31. The molecule has 4 nitrogen and oxygen atoms in total. The Morgan fingerprint density at radius 2 is 2.26 bits per heavy atom. The summed E-state index contributed by atoms with van der Waals surface area (Å²) in [5.74, 6) is -0.0543. The molecule has 1 aromatic heterocycles. The second kappa shape index (κ2) is 4.63. The topological polar surface area (TPSA) is 55.1 Å². The van der Waals surface area contributed by atoms with Crippen molar-refractivity contribution in [1.82, 2.24) is 9.55 Å². The molecule has 19 heavy (non-hydrogen) atoms. The molecule has 0 aliphatic heterocycles. The van der Waals surface area contributed by atoms with Crippen LogP contribution in [0.3, 0.4) is 0 Å². The van der Waals surface area contributed by atoms with Crippen LogP contribution in [-0.4, -0.2) is 20.6 Å². The molecule has 1 saturated carbocycles. The first-order valence-corrected chi connectivity index (χ1v) is 7.22. The minimum Gasteiger partial charge on any atom is -0.481 e. The molecule has 0 radical (unpaired) electrons. The molecule has 3 rings (SSSR count). The highest BCUT2D eigenvalue weighted by atomic mass is 79.9. The average molecular weight is 323 g/mol. The van der Waals surface area contributed by atoms with Gasteiger partial charge in [0.05, 0.1) is 17.0 Å². The van der Waals surface area contributed by atoms with E-state index in [4.69, 9.17) is 0 Å². The summed E-state index contributed by atoms with van der Waals surface area (Å²) >= 11 is 3.44. The van der Waals surface area contributed by atoms with Gasteiger partial charge in [-0.25, -0.2) is 4.98 Å². The first-order chi connectivity index (χ1) is 9.08. The van der Waals surface area contributed by atoms with Crippen LogP contribution in [0.1, 0.15) is 31.0 Å². The summed E-state index contributed by atoms with van der Waals surface area (Å²) in [6, 6.07) is 5.97. The van der Waals surface area contributed by atoms with Crippen LogP contribution in [0.5, 0.6) is 0 Å². The van der Waals surface area contributed by atoms with Crippen molar-refractivity contribution in [2.45, 2.75) is 25.2 Å². The zero-order chi connectivity index (χ0) is 13.6. The van der Waals surface area contributed by atoms with Crippen LogP contribution in [-0.2, 0) is 11.8 Å². The standard InChI is InChI=1S/C14H15BrN2O2/c1-17-12-6-5-8(15)7-11(12)16-13(17)9-3-2-4-10(9)14(18)19/h5-7,9-10H,2-4H2,1H3,(H,18,19). The Labute approximate surface area is 119 Å². The van der Waals surface area contributed by atoms with Gasteiger partial charge in [-0.1, -0.05) is 22.4 Å². The summed E-state index contributed by atoms with van der Waals surface area (Å²) in [4.78, 5) is 16.0. The zero-order valence-electron chi connectivity index (χ0n) is 10.6. The minimum atomic E-state index is -0.698. The highest BCUT2D eigenvalue weighted by molar-refractivity contribution is 9.10. The lowest BCUT2D eigenvalue weighted by Crippen LogP contribution is -2.19. The number of hydrogen-bond acceptors (Lipinski definition) is 2. The maximum absolute atomic E-state index is 11.3. The van der Waals surface area contributed by atoms with Crippen molar-refractivity contribution < 1.29 is 9.90 Å². The van der Waals surface area contributed by atoms with E-state index in [1.807, 2.05) is 29.8 Å². The molecular formula is C14H15BrN2O2. The summed E-state index contributed by atoms with van der Waals surface area (Å²) in [6.45, 7) is 0. The molecule has 1 fully saturated rings. The van der Waals surface area contributed by atoms with Crippen LogP contribution < -0.4 is 0 Å². The van der Waals surface area contributed by atoms with E-state index in [0.717, 1.165) is 40.6 Å². The number of carbonyl (C=O) groups is 1. The van der Waals surface area contributed by atoms with E-state index in [1.165, 1.54) is 0 Å². The summed E-state index contributed by atoms with van der Waals surface area (Å²) in [7, 11) is 1.97.